The lowest BCUT2D eigenvalue weighted by atomic mass is 9.94. The van der Waals surface area contributed by atoms with E-state index < -0.39 is 17.2 Å². The monoisotopic (exact) mass is 298 g/mol. The first kappa shape index (κ1) is 15.7. The van der Waals surface area contributed by atoms with Crippen molar-refractivity contribution in [2.24, 2.45) is 0 Å². The number of methoxy groups -OCH3 is 1. The summed E-state index contributed by atoms with van der Waals surface area (Å²) in [4.78, 5) is 14.0. The first-order chi connectivity index (χ1) is 9.90. The number of hydrogen-bond acceptors (Lipinski definition) is 3. The van der Waals surface area contributed by atoms with E-state index in [9.17, 15) is 13.6 Å². The van der Waals surface area contributed by atoms with Gasteiger partial charge in [0.1, 0.15) is 17.3 Å². The molecule has 1 aromatic carbocycles. The van der Waals surface area contributed by atoms with E-state index in [1.54, 1.807) is 12.0 Å². The van der Waals surface area contributed by atoms with Gasteiger partial charge in [-0.3, -0.25) is 4.79 Å². The van der Waals surface area contributed by atoms with Gasteiger partial charge < -0.3 is 15.0 Å². The maximum absolute atomic E-state index is 13.8. The molecule has 6 heteroatoms. The average molecular weight is 298 g/mol. The van der Waals surface area contributed by atoms with Gasteiger partial charge in [-0.2, -0.15) is 0 Å². The van der Waals surface area contributed by atoms with Crippen molar-refractivity contribution in [3.8, 4) is 0 Å². The highest BCUT2D eigenvalue weighted by Crippen LogP contribution is 2.26. The Morgan fingerprint density at radius 1 is 1.38 bits per heavy atom. The number of carbonyl (C=O) groups excluding carboxylic acids is 1. The minimum atomic E-state index is -0.771. The number of nitrogens with one attached hydrogen (secondary N) is 1. The van der Waals surface area contributed by atoms with Crippen LogP contribution >= 0.6 is 0 Å². The van der Waals surface area contributed by atoms with Gasteiger partial charge in [-0.25, -0.2) is 8.78 Å². The molecule has 0 saturated carbocycles. The third-order valence-corrected chi connectivity index (χ3v) is 3.98. The first-order valence-electron chi connectivity index (χ1n) is 6.91. The molecule has 2 rings (SSSR count). The van der Waals surface area contributed by atoms with Gasteiger partial charge in [-0.1, -0.05) is 0 Å². The quantitative estimate of drug-likeness (QED) is 0.933. The fraction of sp³-hybridized carbons (Fsp3) is 0.533. The summed E-state index contributed by atoms with van der Waals surface area (Å²) in [5.74, 6) is -1.92. The predicted octanol–water partition coefficient (Wildman–Crippen LogP) is 2.65. The van der Waals surface area contributed by atoms with Crippen molar-refractivity contribution >= 4 is 11.6 Å². The Hall–Kier alpha value is -1.69. The normalized spacial score (nSPS) is 22.2. The van der Waals surface area contributed by atoms with E-state index in [0.717, 1.165) is 25.0 Å². The van der Waals surface area contributed by atoms with Gasteiger partial charge in [0.25, 0.3) is 5.91 Å². The minimum absolute atomic E-state index is 0.0179. The molecule has 4 nitrogen and oxygen atoms in total. The number of rotatable bonds is 3. The van der Waals surface area contributed by atoms with Crippen molar-refractivity contribution in [2.45, 2.75) is 25.4 Å². The lowest BCUT2D eigenvalue weighted by molar-refractivity contribution is -0.0440. The van der Waals surface area contributed by atoms with Crippen molar-refractivity contribution in [3.05, 3.63) is 29.3 Å². The zero-order chi connectivity index (χ0) is 15.6. The van der Waals surface area contributed by atoms with Crippen LogP contribution in [0.15, 0.2) is 12.1 Å². The van der Waals surface area contributed by atoms with Crippen LogP contribution in [0.3, 0.4) is 0 Å². The number of ether oxygens (including phenoxy) is 1. The van der Waals surface area contributed by atoms with Gasteiger partial charge in [0.15, 0.2) is 0 Å². The Kier molecular flexibility index (Phi) is 4.46. The molecule has 116 valence electrons. The summed E-state index contributed by atoms with van der Waals surface area (Å²) in [6, 6.07) is 2.13. The average Bonchev–Trinajstić information content (AvgIpc) is 2.46. The minimum Gasteiger partial charge on any atom is -0.383 e. The molecule has 0 aromatic heterocycles. The molecule has 1 aromatic rings. The molecule has 1 N–H and O–H groups in total. The third kappa shape index (κ3) is 3.15. The highest BCUT2D eigenvalue weighted by molar-refractivity contribution is 5.94. The highest BCUT2D eigenvalue weighted by Gasteiger charge is 2.33. The Morgan fingerprint density at radius 3 is 2.52 bits per heavy atom. The second kappa shape index (κ2) is 5.97. The van der Waals surface area contributed by atoms with Crippen molar-refractivity contribution in [1.82, 2.24) is 4.90 Å². The van der Waals surface area contributed by atoms with Crippen LogP contribution in [-0.4, -0.2) is 43.7 Å². The topological polar surface area (TPSA) is 41.6 Å². The Morgan fingerprint density at radius 2 is 2.00 bits per heavy atom. The van der Waals surface area contributed by atoms with Crippen LogP contribution in [0.25, 0.3) is 0 Å². The van der Waals surface area contributed by atoms with Crippen molar-refractivity contribution in [3.63, 3.8) is 0 Å². The van der Waals surface area contributed by atoms with Gasteiger partial charge in [0, 0.05) is 32.8 Å². The summed E-state index contributed by atoms with van der Waals surface area (Å²) < 4.78 is 32.9. The van der Waals surface area contributed by atoms with Crippen molar-refractivity contribution in [1.29, 1.82) is 0 Å². The van der Waals surface area contributed by atoms with Crippen molar-refractivity contribution in [2.75, 3.05) is 32.6 Å². The van der Waals surface area contributed by atoms with E-state index in [4.69, 9.17) is 4.74 Å². The van der Waals surface area contributed by atoms with E-state index in [-0.39, 0.29) is 17.2 Å². The maximum Gasteiger partial charge on any atom is 0.254 e. The lowest BCUT2D eigenvalue weighted by Crippen LogP contribution is -2.49. The SMILES string of the molecule is CNc1c(F)cc(C(=O)N2CCCC(C)(OC)C2)cc1F. The van der Waals surface area contributed by atoms with Gasteiger partial charge >= 0.3 is 0 Å². The molecule has 1 aliphatic rings. The fourth-order valence-electron chi connectivity index (χ4n) is 2.66. The van der Waals surface area contributed by atoms with Crippen LogP contribution in [0.5, 0.6) is 0 Å². The number of anilines is 1. The molecule has 1 fully saturated rings. The molecule has 1 heterocycles. The molecule has 1 saturated heterocycles. The zero-order valence-electron chi connectivity index (χ0n) is 12.5. The van der Waals surface area contributed by atoms with E-state index >= 15 is 0 Å². The highest BCUT2D eigenvalue weighted by atomic mass is 19.1. The number of amides is 1. The van der Waals surface area contributed by atoms with Crippen LogP contribution in [0.2, 0.25) is 0 Å². The van der Waals surface area contributed by atoms with Gasteiger partial charge in [-0.05, 0) is 31.9 Å². The molecular weight excluding hydrogens is 278 g/mol. The van der Waals surface area contributed by atoms with E-state index in [2.05, 4.69) is 5.32 Å². The molecule has 0 aliphatic carbocycles. The summed E-state index contributed by atoms with van der Waals surface area (Å²) in [5, 5.41) is 2.44. The van der Waals surface area contributed by atoms with E-state index in [1.807, 2.05) is 6.92 Å². The molecular formula is C15H20F2N2O2. The number of hydrogen-bond donors (Lipinski definition) is 1. The van der Waals surface area contributed by atoms with E-state index in [1.165, 1.54) is 7.05 Å². The summed E-state index contributed by atoms with van der Waals surface area (Å²) in [6.07, 6.45) is 1.66. The molecule has 1 atom stereocenters. The van der Waals surface area contributed by atoms with Crippen LogP contribution in [-0.2, 0) is 4.74 Å². The van der Waals surface area contributed by atoms with Crippen LogP contribution in [0, 0.1) is 11.6 Å². The second-order valence-corrected chi connectivity index (χ2v) is 5.55. The number of benzene rings is 1. The number of carbonyl (C=O) groups is 1. The van der Waals surface area contributed by atoms with Crippen molar-refractivity contribution < 1.29 is 18.3 Å². The molecule has 0 bridgehead atoms. The van der Waals surface area contributed by atoms with Gasteiger partial charge in [0.2, 0.25) is 0 Å². The van der Waals surface area contributed by atoms with Crippen LogP contribution in [0.1, 0.15) is 30.1 Å². The largest absolute Gasteiger partial charge is 0.383 e. The number of nitrogens with zero attached hydrogens (tertiary/aromatic N) is 1. The standard InChI is InChI=1S/C15H20F2N2O2/c1-15(21-3)5-4-6-19(9-15)14(20)10-7-11(16)13(18-2)12(17)8-10/h7-8,18H,4-6,9H2,1-3H3. The van der Waals surface area contributed by atoms with Crippen LogP contribution in [0.4, 0.5) is 14.5 Å². The third-order valence-electron chi connectivity index (χ3n) is 3.98. The Labute approximate surface area is 123 Å². The van der Waals surface area contributed by atoms with E-state index in [0.29, 0.717) is 13.1 Å². The summed E-state index contributed by atoms with van der Waals surface area (Å²) in [6.45, 7) is 2.91. The molecule has 21 heavy (non-hydrogen) atoms. The molecule has 1 aliphatic heterocycles. The smallest absolute Gasteiger partial charge is 0.254 e. The zero-order valence-corrected chi connectivity index (χ0v) is 12.5. The summed E-state index contributed by atoms with van der Waals surface area (Å²) in [5.41, 5.74) is -0.619. The Balaban J connectivity index is 2.24. The van der Waals surface area contributed by atoms with Gasteiger partial charge in [-0.15, -0.1) is 0 Å². The number of piperidine rings is 1. The molecule has 1 amide bonds. The Bertz CT molecular complexity index is 527. The van der Waals surface area contributed by atoms with Crippen LogP contribution < -0.4 is 5.32 Å². The second-order valence-electron chi connectivity index (χ2n) is 5.55. The fourth-order valence-corrected chi connectivity index (χ4v) is 2.66. The molecule has 1 unspecified atom stereocenters. The maximum atomic E-state index is 13.8. The van der Waals surface area contributed by atoms with Gasteiger partial charge in [0.05, 0.1) is 5.60 Å². The lowest BCUT2D eigenvalue weighted by Gasteiger charge is -2.39. The predicted molar refractivity (Wildman–Crippen MR) is 76.5 cm³/mol. The summed E-state index contributed by atoms with van der Waals surface area (Å²) in [7, 11) is 3.03. The molecule has 0 spiro atoms. The number of likely N-dealkylation sites (tertiary alicyclic amines) is 1. The first-order valence-corrected chi connectivity index (χ1v) is 6.91. The summed E-state index contributed by atoms with van der Waals surface area (Å²) >= 11 is 0. The number of halogens is 2. The molecule has 0 radical (unpaired) electrons.